The predicted octanol–water partition coefficient (Wildman–Crippen LogP) is 1.23. The van der Waals surface area contributed by atoms with Crippen LogP contribution in [0, 0.1) is 0 Å². The highest BCUT2D eigenvalue weighted by atomic mass is 32.2. The molecule has 2 heterocycles. The van der Waals surface area contributed by atoms with Gasteiger partial charge in [-0.3, -0.25) is 4.98 Å². The van der Waals surface area contributed by atoms with Gasteiger partial charge < -0.3 is 10.2 Å². The molecule has 2 rings (SSSR count). The Kier molecular flexibility index (Phi) is 5.18. The van der Waals surface area contributed by atoms with Crippen LogP contribution in [0.15, 0.2) is 23.4 Å². The fraction of sp³-hybridized carbons (Fsp3) is 0.643. The van der Waals surface area contributed by atoms with E-state index in [0.717, 1.165) is 19.5 Å². The molecule has 0 radical (unpaired) electrons. The zero-order valence-electron chi connectivity index (χ0n) is 12.9. The van der Waals surface area contributed by atoms with Crippen molar-refractivity contribution in [2.75, 3.05) is 38.5 Å². The van der Waals surface area contributed by atoms with E-state index in [-0.39, 0.29) is 10.9 Å². The number of nitrogens with zero attached hydrogens (tertiary/aromatic N) is 3. The van der Waals surface area contributed by atoms with Gasteiger partial charge in [0.05, 0.1) is 5.69 Å². The first-order valence-corrected chi connectivity index (χ1v) is 8.79. The smallest absolute Gasteiger partial charge is 0.246 e. The Morgan fingerprint density at radius 3 is 2.90 bits per heavy atom. The van der Waals surface area contributed by atoms with E-state index in [1.54, 1.807) is 16.6 Å². The second kappa shape index (κ2) is 6.72. The van der Waals surface area contributed by atoms with E-state index < -0.39 is 10.0 Å². The molecule has 118 valence electrons. The van der Waals surface area contributed by atoms with Crippen LogP contribution in [0.4, 0.5) is 5.69 Å². The Bertz CT molecular complexity index is 576. The second-order valence-electron chi connectivity index (χ2n) is 5.48. The van der Waals surface area contributed by atoms with Gasteiger partial charge in [-0.05, 0) is 39.9 Å². The lowest BCUT2D eigenvalue weighted by Crippen LogP contribution is -2.42. The molecule has 21 heavy (non-hydrogen) atoms. The summed E-state index contributed by atoms with van der Waals surface area (Å²) in [7, 11) is -1.50. The summed E-state index contributed by atoms with van der Waals surface area (Å²) < 4.78 is 27.6. The number of sulfonamides is 1. The Labute approximate surface area is 127 Å². The molecule has 1 saturated heterocycles. The van der Waals surface area contributed by atoms with Gasteiger partial charge in [-0.15, -0.1) is 0 Å². The van der Waals surface area contributed by atoms with Gasteiger partial charge in [-0.1, -0.05) is 0 Å². The van der Waals surface area contributed by atoms with E-state index in [0.29, 0.717) is 18.8 Å². The highest BCUT2D eigenvalue weighted by molar-refractivity contribution is 7.89. The molecule has 7 heteroatoms. The van der Waals surface area contributed by atoms with E-state index in [2.05, 4.69) is 15.2 Å². The molecule has 0 aliphatic carbocycles. The van der Waals surface area contributed by atoms with Crippen molar-refractivity contribution in [2.45, 2.75) is 31.2 Å². The highest BCUT2D eigenvalue weighted by Crippen LogP contribution is 2.26. The summed E-state index contributed by atoms with van der Waals surface area (Å²) in [6.45, 7) is 6.79. The Balaban J connectivity index is 2.37. The molecule has 0 spiro atoms. The van der Waals surface area contributed by atoms with Crippen molar-refractivity contribution in [1.82, 2.24) is 14.2 Å². The quantitative estimate of drug-likeness (QED) is 0.906. The maximum atomic E-state index is 13.0. The Morgan fingerprint density at radius 1 is 1.43 bits per heavy atom. The van der Waals surface area contributed by atoms with Crippen LogP contribution in [0.5, 0.6) is 0 Å². The van der Waals surface area contributed by atoms with Crippen LogP contribution < -0.4 is 5.32 Å². The number of hydrogen-bond donors (Lipinski definition) is 1. The average Bonchev–Trinajstić information content (AvgIpc) is 2.60. The van der Waals surface area contributed by atoms with Gasteiger partial charge in [-0.25, -0.2) is 8.42 Å². The fourth-order valence-corrected chi connectivity index (χ4v) is 4.53. The van der Waals surface area contributed by atoms with Crippen molar-refractivity contribution >= 4 is 15.7 Å². The van der Waals surface area contributed by atoms with Crippen molar-refractivity contribution in [3.05, 3.63) is 18.5 Å². The predicted molar refractivity (Wildman–Crippen MR) is 83.9 cm³/mol. The van der Waals surface area contributed by atoms with Crippen LogP contribution >= 0.6 is 0 Å². The molecule has 0 bridgehead atoms. The number of hydrogen-bond acceptors (Lipinski definition) is 5. The monoisotopic (exact) mass is 312 g/mol. The SMILES string of the molecule is CCNc1ccncc1S(=O)(=O)N1CCCN(C)CC1C. The molecular formula is C14H24N4O2S. The average molecular weight is 312 g/mol. The van der Waals surface area contributed by atoms with Crippen molar-refractivity contribution in [3.8, 4) is 0 Å². The lowest BCUT2D eigenvalue weighted by atomic mass is 10.3. The van der Waals surface area contributed by atoms with Gasteiger partial charge in [0.2, 0.25) is 10.0 Å². The molecule has 0 amide bonds. The number of nitrogens with one attached hydrogen (secondary N) is 1. The molecule has 1 atom stereocenters. The lowest BCUT2D eigenvalue weighted by Gasteiger charge is -2.27. The highest BCUT2D eigenvalue weighted by Gasteiger charge is 2.32. The van der Waals surface area contributed by atoms with Crippen LogP contribution in [0.25, 0.3) is 0 Å². The molecule has 1 aromatic heterocycles. The second-order valence-corrected chi connectivity index (χ2v) is 7.34. The van der Waals surface area contributed by atoms with E-state index in [1.165, 1.54) is 6.20 Å². The largest absolute Gasteiger partial charge is 0.384 e. The number of pyridine rings is 1. The van der Waals surface area contributed by atoms with E-state index in [1.807, 2.05) is 20.9 Å². The third-order valence-electron chi connectivity index (χ3n) is 3.72. The van der Waals surface area contributed by atoms with Crippen LogP contribution in [0.2, 0.25) is 0 Å². The number of anilines is 1. The molecule has 1 N–H and O–H groups in total. The summed E-state index contributed by atoms with van der Waals surface area (Å²) in [4.78, 5) is 6.44. The Hall–Kier alpha value is -1.18. The molecule has 1 fully saturated rings. The minimum absolute atomic E-state index is 0.0443. The van der Waals surface area contributed by atoms with Gasteiger partial charge in [0.1, 0.15) is 4.90 Å². The first kappa shape index (κ1) is 16.2. The van der Waals surface area contributed by atoms with Gasteiger partial charge >= 0.3 is 0 Å². The van der Waals surface area contributed by atoms with Gasteiger partial charge in [-0.2, -0.15) is 4.31 Å². The summed E-state index contributed by atoms with van der Waals surface area (Å²) >= 11 is 0. The number of aromatic nitrogens is 1. The first-order valence-electron chi connectivity index (χ1n) is 7.35. The minimum atomic E-state index is -3.53. The summed E-state index contributed by atoms with van der Waals surface area (Å²) in [6, 6.07) is 1.67. The van der Waals surface area contributed by atoms with Crippen molar-refractivity contribution in [1.29, 1.82) is 0 Å². The third kappa shape index (κ3) is 3.53. The molecule has 1 aliphatic heterocycles. The van der Waals surface area contributed by atoms with Crippen LogP contribution in [-0.4, -0.2) is 61.9 Å². The fourth-order valence-electron chi connectivity index (χ4n) is 2.76. The zero-order chi connectivity index (χ0) is 15.5. The lowest BCUT2D eigenvalue weighted by molar-refractivity contribution is 0.290. The summed E-state index contributed by atoms with van der Waals surface area (Å²) in [5, 5.41) is 3.10. The van der Waals surface area contributed by atoms with Crippen LogP contribution in [-0.2, 0) is 10.0 Å². The summed E-state index contributed by atoms with van der Waals surface area (Å²) in [6.07, 6.45) is 3.89. The van der Waals surface area contributed by atoms with Crippen molar-refractivity contribution < 1.29 is 8.42 Å². The zero-order valence-corrected chi connectivity index (χ0v) is 13.7. The molecular weight excluding hydrogens is 288 g/mol. The summed E-state index contributed by atoms with van der Waals surface area (Å²) in [5.41, 5.74) is 0.623. The Morgan fingerprint density at radius 2 is 2.19 bits per heavy atom. The topological polar surface area (TPSA) is 65.5 Å². The number of rotatable bonds is 4. The molecule has 0 aromatic carbocycles. The molecule has 0 saturated carbocycles. The summed E-state index contributed by atoms with van der Waals surface area (Å²) in [5.74, 6) is 0. The van der Waals surface area contributed by atoms with Gasteiger partial charge in [0.25, 0.3) is 0 Å². The van der Waals surface area contributed by atoms with Gasteiger partial charge in [0.15, 0.2) is 0 Å². The van der Waals surface area contributed by atoms with E-state index in [4.69, 9.17) is 0 Å². The van der Waals surface area contributed by atoms with Crippen molar-refractivity contribution in [2.24, 2.45) is 0 Å². The maximum Gasteiger partial charge on any atom is 0.246 e. The standard InChI is InChI=1S/C14H24N4O2S/c1-4-16-13-6-7-15-10-14(13)21(19,20)18-9-5-8-17(3)11-12(18)2/h6-7,10,12H,4-5,8-9,11H2,1-3H3,(H,15,16). The molecule has 1 aliphatic rings. The molecule has 1 aromatic rings. The number of likely N-dealkylation sites (N-methyl/N-ethyl adjacent to an activating group) is 1. The van der Waals surface area contributed by atoms with Crippen LogP contribution in [0.3, 0.4) is 0 Å². The van der Waals surface area contributed by atoms with E-state index >= 15 is 0 Å². The van der Waals surface area contributed by atoms with Crippen LogP contribution in [0.1, 0.15) is 20.3 Å². The van der Waals surface area contributed by atoms with Gasteiger partial charge in [0, 0.05) is 38.1 Å². The third-order valence-corrected chi connectivity index (χ3v) is 5.77. The molecule has 1 unspecified atom stereocenters. The van der Waals surface area contributed by atoms with E-state index in [9.17, 15) is 8.42 Å². The first-order chi connectivity index (χ1) is 9.96. The molecule has 6 nitrogen and oxygen atoms in total. The minimum Gasteiger partial charge on any atom is -0.384 e. The van der Waals surface area contributed by atoms with Crippen molar-refractivity contribution in [3.63, 3.8) is 0 Å². The maximum absolute atomic E-state index is 13.0. The normalized spacial score (nSPS) is 22.0.